The molecule has 1 saturated heterocycles. The molecule has 20 heavy (non-hydrogen) atoms. The highest BCUT2D eigenvalue weighted by Crippen LogP contribution is 2.22. The molecule has 118 valence electrons. The topological polar surface area (TPSA) is 78.6 Å². The van der Waals surface area contributed by atoms with Gasteiger partial charge in [-0.1, -0.05) is 6.92 Å². The summed E-state index contributed by atoms with van der Waals surface area (Å²) in [5, 5.41) is 12.6. The van der Waals surface area contributed by atoms with E-state index in [2.05, 4.69) is 5.32 Å². The third kappa shape index (κ3) is 6.58. The Kier molecular flexibility index (Phi) is 7.32. The zero-order chi connectivity index (χ0) is 15.1. The van der Waals surface area contributed by atoms with E-state index in [9.17, 15) is 18.7 Å². The summed E-state index contributed by atoms with van der Waals surface area (Å²) in [6.07, 6.45) is -0.746. The minimum atomic E-state index is -2.39. The van der Waals surface area contributed by atoms with Crippen molar-refractivity contribution >= 4 is 5.91 Å². The summed E-state index contributed by atoms with van der Waals surface area (Å²) in [5.74, 6) is -0.234. The Hall–Kier alpha value is -0.790. The van der Waals surface area contributed by atoms with Gasteiger partial charge in [0.2, 0.25) is 5.91 Å². The number of likely N-dealkylation sites (tertiary alicyclic amines) is 1. The molecule has 0 saturated carbocycles. The molecule has 1 rings (SSSR count). The van der Waals surface area contributed by atoms with Gasteiger partial charge in [-0.25, -0.2) is 8.78 Å². The van der Waals surface area contributed by atoms with E-state index in [1.165, 1.54) is 0 Å². The predicted molar refractivity (Wildman–Crippen MR) is 72.5 cm³/mol. The fourth-order valence-electron chi connectivity index (χ4n) is 2.78. The highest BCUT2D eigenvalue weighted by molar-refractivity contribution is 5.75. The first kappa shape index (κ1) is 17.3. The number of aliphatic hydroxyl groups excluding tert-OH is 1. The molecule has 1 aliphatic heterocycles. The Morgan fingerprint density at radius 3 is 2.75 bits per heavy atom. The van der Waals surface area contributed by atoms with Crippen LogP contribution >= 0.6 is 0 Å². The lowest BCUT2D eigenvalue weighted by Gasteiger charge is -2.38. The lowest BCUT2D eigenvalue weighted by atomic mass is 9.89. The van der Waals surface area contributed by atoms with Crippen LogP contribution in [-0.2, 0) is 4.79 Å². The number of carbonyl (C=O) groups is 1. The number of piperidine rings is 1. The van der Waals surface area contributed by atoms with Crippen LogP contribution in [0, 0.1) is 5.92 Å². The average molecular weight is 293 g/mol. The molecule has 4 N–H and O–H groups in total. The van der Waals surface area contributed by atoms with Gasteiger partial charge in [-0.3, -0.25) is 9.69 Å². The SMILES string of the molecule is CCC(O)CC1CC(NCC(F)F)CN(CC(N)=O)C1. The van der Waals surface area contributed by atoms with Crippen LogP contribution in [0.15, 0.2) is 0 Å². The van der Waals surface area contributed by atoms with Crippen LogP contribution in [0.4, 0.5) is 8.78 Å². The number of carbonyl (C=O) groups excluding carboxylic acids is 1. The van der Waals surface area contributed by atoms with Crippen molar-refractivity contribution in [2.24, 2.45) is 11.7 Å². The first-order valence-electron chi connectivity index (χ1n) is 7.10. The van der Waals surface area contributed by atoms with Gasteiger partial charge >= 0.3 is 0 Å². The molecule has 1 fully saturated rings. The van der Waals surface area contributed by atoms with Crippen molar-refractivity contribution in [2.75, 3.05) is 26.2 Å². The maximum atomic E-state index is 12.3. The molecule has 1 aliphatic rings. The summed E-state index contributed by atoms with van der Waals surface area (Å²) in [4.78, 5) is 12.9. The van der Waals surface area contributed by atoms with Crippen LogP contribution in [0.25, 0.3) is 0 Å². The smallest absolute Gasteiger partial charge is 0.250 e. The zero-order valence-corrected chi connectivity index (χ0v) is 11.9. The Balaban J connectivity index is 2.54. The lowest BCUT2D eigenvalue weighted by Crippen LogP contribution is -2.52. The van der Waals surface area contributed by atoms with Crippen LogP contribution in [0.1, 0.15) is 26.2 Å². The van der Waals surface area contributed by atoms with Crippen molar-refractivity contribution in [1.82, 2.24) is 10.2 Å². The highest BCUT2D eigenvalue weighted by Gasteiger charge is 2.29. The van der Waals surface area contributed by atoms with Gasteiger partial charge in [0.25, 0.3) is 6.43 Å². The number of hydrogen-bond acceptors (Lipinski definition) is 4. The minimum Gasteiger partial charge on any atom is -0.393 e. The number of alkyl halides is 2. The number of halogens is 2. The van der Waals surface area contributed by atoms with Crippen LogP contribution < -0.4 is 11.1 Å². The van der Waals surface area contributed by atoms with Crippen molar-refractivity contribution in [2.45, 2.75) is 44.8 Å². The molecule has 0 aliphatic carbocycles. The fraction of sp³-hybridized carbons (Fsp3) is 0.923. The molecule has 0 radical (unpaired) electrons. The van der Waals surface area contributed by atoms with Gasteiger partial charge in [0.1, 0.15) is 0 Å². The van der Waals surface area contributed by atoms with E-state index >= 15 is 0 Å². The third-order valence-electron chi connectivity index (χ3n) is 3.63. The summed E-state index contributed by atoms with van der Waals surface area (Å²) >= 11 is 0. The van der Waals surface area contributed by atoms with Gasteiger partial charge in [-0.05, 0) is 25.2 Å². The van der Waals surface area contributed by atoms with Crippen molar-refractivity contribution < 1.29 is 18.7 Å². The van der Waals surface area contributed by atoms with E-state index in [0.717, 1.165) is 6.42 Å². The summed E-state index contributed by atoms with van der Waals surface area (Å²) < 4.78 is 24.5. The summed E-state index contributed by atoms with van der Waals surface area (Å²) in [7, 11) is 0. The molecular formula is C13H25F2N3O2. The van der Waals surface area contributed by atoms with Gasteiger partial charge in [-0.15, -0.1) is 0 Å². The molecule has 0 aromatic carbocycles. The molecule has 0 aromatic rings. The normalized spacial score (nSPS) is 25.9. The lowest BCUT2D eigenvalue weighted by molar-refractivity contribution is -0.119. The first-order chi connectivity index (χ1) is 9.40. The molecule has 0 spiro atoms. The predicted octanol–water partition coefficient (Wildman–Crippen LogP) is 0.178. The number of rotatable bonds is 8. The van der Waals surface area contributed by atoms with Gasteiger partial charge in [0.05, 0.1) is 19.2 Å². The number of amides is 1. The average Bonchev–Trinajstić information content (AvgIpc) is 2.35. The molecule has 1 heterocycles. The molecule has 5 nitrogen and oxygen atoms in total. The highest BCUT2D eigenvalue weighted by atomic mass is 19.3. The summed E-state index contributed by atoms with van der Waals surface area (Å²) in [6.45, 7) is 2.89. The second-order valence-corrected chi connectivity index (χ2v) is 5.56. The van der Waals surface area contributed by atoms with Crippen LogP contribution in [-0.4, -0.2) is 60.7 Å². The Morgan fingerprint density at radius 2 is 2.20 bits per heavy atom. The van der Waals surface area contributed by atoms with Crippen molar-refractivity contribution in [3.05, 3.63) is 0 Å². The number of primary amides is 1. The maximum absolute atomic E-state index is 12.3. The largest absolute Gasteiger partial charge is 0.393 e. The fourth-order valence-corrected chi connectivity index (χ4v) is 2.78. The first-order valence-corrected chi connectivity index (χ1v) is 7.10. The third-order valence-corrected chi connectivity index (χ3v) is 3.63. The Labute approximate surface area is 118 Å². The molecular weight excluding hydrogens is 268 g/mol. The number of aliphatic hydroxyl groups is 1. The summed E-state index contributed by atoms with van der Waals surface area (Å²) in [5.41, 5.74) is 5.19. The van der Waals surface area contributed by atoms with E-state index in [-0.39, 0.29) is 31.2 Å². The van der Waals surface area contributed by atoms with Crippen molar-refractivity contribution in [1.29, 1.82) is 0 Å². The van der Waals surface area contributed by atoms with Gasteiger partial charge in [0.15, 0.2) is 0 Å². The van der Waals surface area contributed by atoms with Crippen LogP contribution in [0.5, 0.6) is 0 Å². The van der Waals surface area contributed by atoms with E-state index in [1.807, 2.05) is 11.8 Å². The molecule has 0 aromatic heterocycles. The zero-order valence-electron chi connectivity index (χ0n) is 11.9. The molecule has 3 unspecified atom stereocenters. The number of nitrogens with zero attached hydrogens (tertiary/aromatic N) is 1. The Bertz CT molecular complexity index is 305. The van der Waals surface area contributed by atoms with Crippen LogP contribution in [0.2, 0.25) is 0 Å². The van der Waals surface area contributed by atoms with Gasteiger partial charge in [-0.2, -0.15) is 0 Å². The second kappa shape index (κ2) is 8.49. The molecule has 3 atom stereocenters. The monoisotopic (exact) mass is 293 g/mol. The van der Waals surface area contributed by atoms with E-state index < -0.39 is 12.3 Å². The molecule has 1 amide bonds. The van der Waals surface area contributed by atoms with E-state index in [0.29, 0.717) is 25.9 Å². The second-order valence-electron chi connectivity index (χ2n) is 5.56. The van der Waals surface area contributed by atoms with Gasteiger partial charge in [0, 0.05) is 19.1 Å². The van der Waals surface area contributed by atoms with Gasteiger partial charge < -0.3 is 16.2 Å². The minimum absolute atomic E-state index is 0.0915. The summed E-state index contributed by atoms with van der Waals surface area (Å²) in [6, 6.07) is -0.0915. The molecule has 0 bridgehead atoms. The van der Waals surface area contributed by atoms with Crippen LogP contribution in [0.3, 0.4) is 0 Å². The van der Waals surface area contributed by atoms with E-state index in [4.69, 9.17) is 5.73 Å². The maximum Gasteiger partial charge on any atom is 0.250 e. The number of hydrogen-bond donors (Lipinski definition) is 3. The number of nitrogens with one attached hydrogen (secondary N) is 1. The van der Waals surface area contributed by atoms with E-state index in [1.54, 1.807) is 0 Å². The quantitative estimate of drug-likeness (QED) is 0.596. The van der Waals surface area contributed by atoms with Crippen molar-refractivity contribution in [3.8, 4) is 0 Å². The standard InChI is InChI=1S/C13H25F2N3O2/c1-2-11(19)4-9-3-10(17-5-12(14)15)7-18(6-9)8-13(16)20/h9-12,17,19H,2-8H2,1H3,(H2,16,20). The Morgan fingerprint density at radius 1 is 1.50 bits per heavy atom. The van der Waals surface area contributed by atoms with Crippen molar-refractivity contribution in [3.63, 3.8) is 0 Å². The number of nitrogens with two attached hydrogens (primary N) is 1. The molecule has 7 heteroatoms.